The van der Waals surface area contributed by atoms with E-state index in [-0.39, 0.29) is 6.04 Å². The second-order valence-electron chi connectivity index (χ2n) is 4.04. The van der Waals surface area contributed by atoms with Gasteiger partial charge < -0.3 is 4.90 Å². The molecule has 0 saturated heterocycles. The molecule has 1 unspecified atom stereocenters. The van der Waals surface area contributed by atoms with E-state index in [2.05, 4.69) is 32.8 Å². The van der Waals surface area contributed by atoms with Crippen molar-refractivity contribution in [2.45, 2.75) is 13.0 Å². The monoisotopic (exact) mass is 325 g/mol. The van der Waals surface area contributed by atoms with Crippen LogP contribution < -0.4 is 4.90 Å². The molecule has 18 heavy (non-hydrogen) atoms. The predicted octanol–water partition coefficient (Wildman–Crippen LogP) is 4.09. The second kappa shape index (κ2) is 5.67. The fraction of sp³-hybridized carbons (Fsp3) is 0.231. The van der Waals surface area contributed by atoms with Crippen LogP contribution in [0, 0.1) is 0 Å². The van der Waals surface area contributed by atoms with Gasteiger partial charge in [-0.2, -0.15) is 0 Å². The number of nitrogens with zero attached hydrogens (tertiary/aromatic N) is 3. The Bertz CT molecular complexity index is 530. The first-order chi connectivity index (χ1) is 8.58. The van der Waals surface area contributed by atoms with E-state index in [0.29, 0.717) is 5.95 Å². The summed E-state index contributed by atoms with van der Waals surface area (Å²) in [5, 5.41) is 0.740. The van der Waals surface area contributed by atoms with Crippen LogP contribution in [-0.4, -0.2) is 17.0 Å². The first kappa shape index (κ1) is 13.3. The quantitative estimate of drug-likeness (QED) is 0.850. The molecule has 0 N–H and O–H groups in total. The lowest BCUT2D eigenvalue weighted by atomic mass is 10.1. The summed E-state index contributed by atoms with van der Waals surface area (Å²) in [7, 11) is 1.97. The molecule has 0 radical (unpaired) electrons. The summed E-state index contributed by atoms with van der Waals surface area (Å²) in [6.07, 6.45) is 3.48. The SMILES string of the molecule is CC(c1cccc(Cl)c1)N(C)c1ncc(Br)cn1. The minimum Gasteiger partial charge on any atom is -0.337 e. The molecular weight excluding hydrogens is 314 g/mol. The Hall–Kier alpha value is -1.13. The van der Waals surface area contributed by atoms with E-state index in [4.69, 9.17) is 11.6 Å². The van der Waals surface area contributed by atoms with E-state index in [1.165, 1.54) is 0 Å². The molecule has 0 bridgehead atoms. The molecule has 0 aliphatic rings. The van der Waals surface area contributed by atoms with Crippen molar-refractivity contribution in [3.05, 3.63) is 51.7 Å². The molecule has 1 aromatic carbocycles. The van der Waals surface area contributed by atoms with Gasteiger partial charge in [-0.05, 0) is 40.5 Å². The molecule has 0 saturated carbocycles. The van der Waals surface area contributed by atoms with Gasteiger partial charge in [0.05, 0.1) is 10.5 Å². The topological polar surface area (TPSA) is 29.0 Å². The van der Waals surface area contributed by atoms with Crippen LogP contribution in [0.1, 0.15) is 18.5 Å². The maximum Gasteiger partial charge on any atom is 0.225 e. The van der Waals surface area contributed by atoms with E-state index < -0.39 is 0 Å². The normalized spacial score (nSPS) is 12.2. The van der Waals surface area contributed by atoms with Gasteiger partial charge in [-0.3, -0.25) is 0 Å². The average Bonchev–Trinajstić information content (AvgIpc) is 2.38. The molecule has 1 aromatic heterocycles. The van der Waals surface area contributed by atoms with Crippen molar-refractivity contribution < 1.29 is 0 Å². The summed E-state index contributed by atoms with van der Waals surface area (Å²) in [4.78, 5) is 10.6. The van der Waals surface area contributed by atoms with E-state index in [1.54, 1.807) is 12.4 Å². The highest BCUT2D eigenvalue weighted by molar-refractivity contribution is 9.10. The summed E-state index contributed by atoms with van der Waals surface area (Å²) < 4.78 is 0.870. The Morgan fingerprint density at radius 3 is 2.56 bits per heavy atom. The van der Waals surface area contributed by atoms with Crippen LogP contribution >= 0.6 is 27.5 Å². The first-order valence-corrected chi connectivity index (χ1v) is 6.71. The fourth-order valence-corrected chi connectivity index (χ4v) is 2.05. The summed E-state index contributed by atoms with van der Waals surface area (Å²) in [6.45, 7) is 2.09. The van der Waals surface area contributed by atoms with Crippen LogP contribution in [0.15, 0.2) is 41.1 Å². The summed E-state index contributed by atoms with van der Waals surface area (Å²) in [6, 6.07) is 7.98. The molecule has 3 nitrogen and oxygen atoms in total. The van der Waals surface area contributed by atoms with Crippen molar-refractivity contribution in [3.8, 4) is 0 Å². The zero-order valence-corrected chi connectivity index (χ0v) is 12.5. The third kappa shape index (κ3) is 3.00. The summed E-state index contributed by atoms with van der Waals surface area (Å²) in [5.74, 6) is 0.686. The lowest BCUT2D eigenvalue weighted by Crippen LogP contribution is -2.23. The molecule has 2 aromatic rings. The number of halogens is 2. The highest BCUT2D eigenvalue weighted by Crippen LogP contribution is 2.24. The lowest BCUT2D eigenvalue weighted by Gasteiger charge is -2.25. The molecule has 0 amide bonds. The van der Waals surface area contributed by atoms with Gasteiger partial charge in [-0.15, -0.1) is 0 Å². The van der Waals surface area contributed by atoms with Crippen molar-refractivity contribution in [3.63, 3.8) is 0 Å². The molecule has 0 fully saturated rings. The van der Waals surface area contributed by atoms with Gasteiger partial charge >= 0.3 is 0 Å². The van der Waals surface area contributed by atoms with Crippen molar-refractivity contribution in [2.24, 2.45) is 0 Å². The molecule has 0 aliphatic heterocycles. The average molecular weight is 327 g/mol. The highest BCUT2D eigenvalue weighted by atomic mass is 79.9. The van der Waals surface area contributed by atoms with Crippen molar-refractivity contribution >= 4 is 33.5 Å². The van der Waals surface area contributed by atoms with E-state index in [1.807, 2.05) is 36.2 Å². The smallest absolute Gasteiger partial charge is 0.225 e. The van der Waals surface area contributed by atoms with Gasteiger partial charge in [-0.1, -0.05) is 23.7 Å². The maximum absolute atomic E-state index is 6.00. The second-order valence-corrected chi connectivity index (χ2v) is 5.40. The number of hydrogen-bond acceptors (Lipinski definition) is 3. The molecule has 94 valence electrons. The van der Waals surface area contributed by atoms with Crippen LogP contribution in [0.5, 0.6) is 0 Å². The standard InChI is InChI=1S/C13H13BrClN3/c1-9(10-4-3-5-12(15)6-10)18(2)13-16-7-11(14)8-17-13/h3-9H,1-2H3. The van der Waals surface area contributed by atoms with Crippen LogP contribution in [0.4, 0.5) is 5.95 Å². The molecule has 1 heterocycles. The molecule has 1 atom stereocenters. The zero-order valence-electron chi connectivity index (χ0n) is 10.1. The third-order valence-corrected chi connectivity index (χ3v) is 3.48. The molecule has 0 spiro atoms. The zero-order chi connectivity index (χ0) is 13.1. The van der Waals surface area contributed by atoms with Gasteiger partial charge in [0, 0.05) is 24.5 Å². The number of anilines is 1. The molecule has 5 heteroatoms. The Kier molecular flexibility index (Phi) is 4.19. The van der Waals surface area contributed by atoms with Crippen LogP contribution in [0.2, 0.25) is 5.02 Å². The van der Waals surface area contributed by atoms with E-state index >= 15 is 0 Å². The van der Waals surface area contributed by atoms with Gasteiger partial charge in [0.1, 0.15) is 0 Å². The minimum atomic E-state index is 0.157. The number of benzene rings is 1. The molecule has 2 rings (SSSR count). The number of aromatic nitrogens is 2. The Labute approximate surface area is 120 Å². The minimum absolute atomic E-state index is 0.157. The predicted molar refractivity (Wildman–Crippen MR) is 78.0 cm³/mol. The largest absolute Gasteiger partial charge is 0.337 e. The van der Waals surface area contributed by atoms with Crippen LogP contribution in [0.3, 0.4) is 0 Å². The van der Waals surface area contributed by atoms with Crippen LogP contribution in [-0.2, 0) is 0 Å². The fourth-order valence-electron chi connectivity index (χ4n) is 1.65. The van der Waals surface area contributed by atoms with Crippen molar-refractivity contribution in [2.75, 3.05) is 11.9 Å². The summed E-state index contributed by atoms with van der Waals surface area (Å²) in [5.41, 5.74) is 1.14. The Morgan fingerprint density at radius 1 is 1.28 bits per heavy atom. The van der Waals surface area contributed by atoms with Gasteiger partial charge in [0.15, 0.2) is 0 Å². The van der Waals surface area contributed by atoms with Crippen molar-refractivity contribution in [1.82, 2.24) is 9.97 Å². The van der Waals surface area contributed by atoms with Crippen molar-refractivity contribution in [1.29, 1.82) is 0 Å². The first-order valence-electron chi connectivity index (χ1n) is 5.54. The van der Waals surface area contributed by atoms with E-state index in [0.717, 1.165) is 15.1 Å². The number of hydrogen-bond donors (Lipinski definition) is 0. The summed E-state index contributed by atoms with van der Waals surface area (Å²) >= 11 is 9.33. The lowest BCUT2D eigenvalue weighted by molar-refractivity contribution is 0.715. The van der Waals surface area contributed by atoms with Crippen LogP contribution in [0.25, 0.3) is 0 Å². The maximum atomic E-state index is 6.00. The molecular formula is C13H13BrClN3. The Balaban J connectivity index is 2.23. The van der Waals surface area contributed by atoms with E-state index in [9.17, 15) is 0 Å². The third-order valence-electron chi connectivity index (χ3n) is 2.83. The highest BCUT2D eigenvalue weighted by Gasteiger charge is 2.14. The van der Waals surface area contributed by atoms with Gasteiger partial charge in [0.25, 0.3) is 0 Å². The number of rotatable bonds is 3. The Morgan fingerprint density at radius 2 is 1.94 bits per heavy atom. The van der Waals surface area contributed by atoms with Gasteiger partial charge in [-0.25, -0.2) is 9.97 Å². The molecule has 0 aliphatic carbocycles. The van der Waals surface area contributed by atoms with Gasteiger partial charge in [0.2, 0.25) is 5.95 Å².